The van der Waals surface area contributed by atoms with Gasteiger partial charge in [0.25, 0.3) is 11.6 Å². The Balaban J connectivity index is 2.16. The molecule has 0 saturated heterocycles. The number of nitrogens with zero attached hydrogens (tertiary/aromatic N) is 1. The van der Waals surface area contributed by atoms with Gasteiger partial charge in [0.15, 0.2) is 0 Å². The number of carbonyl (C=O) groups excluding carboxylic acids is 1. The van der Waals surface area contributed by atoms with E-state index in [0.29, 0.717) is 11.3 Å². The minimum absolute atomic E-state index is 0.0363. The lowest BCUT2D eigenvalue weighted by atomic mass is 10.2. The molecular weight excluding hydrogens is 359 g/mol. The van der Waals surface area contributed by atoms with Crippen LogP contribution in [0.5, 0.6) is 0 Å². The van der Waals surface area contributed by atoms with E-state index < -0.39 is 4.92 Å². The molecule has 0 bridgehead atoms. The molecule has 0 radical (unpaired) electrons. The van der Waals surface area contributed by atoms with E-state index in [1.807, 2.05) is 18.2 Å². The lowest BCUT2D eigenvalue weighted by Gasteiger charge is -2.06. The Kier molecular flexibility index (Phi) is 4.10. The van der Waals surface area contributed by atoms with Crippen LogP contribution in [-0.2, 0) is 0 Å². The highest BCUT2D eigenvalue weighted by Gasteiger charge is 2.10. The Labute approximate surface area is 122 Å². The fourth-order valence-corrected chi connectivity index (χ4v) is 2.01. The number of anilines is 1. The third-order valence-electron chi connectivity index (χ3n) is 2.46. The number of hydrogen-bond acceptors (Lipinski definition) is 3. The summed E-state index contributed by atoms with van der Waals surface area (Å²) in [5.41, 5.74) is 1.06. The maximum Gasteiger partial charge on any atom is 0.269 e. The Bertz CT molecular complexity index is 626. The molecule has 6 heteroatoms. The molecule has 1 amide bonds. The van der Waals surface area contributed by atoms with Crippen LogP contribution >= 0.6 is 22.6 Å². The maximum absolute atomic E-state index is 12.0. The number of halogens is 1. The van der Waals surface area contributed by atoms with Crippen LogP contribution in [0.4, 0.5) is 11.4 Å². The molecule has 5 nitrogen and oxygen atoms in total. The first-order valence-electron chi connectivity index (χ1n) is 5.38. The van der Waals surface area contributed by atoms with Crippen LogP contribution in [0.2, 0.25) is 0 Å². The monoisotopic (exact) mass is 368 g/mol. The molecule has 0 aliphatic rings. The summed E-state index contributed by atoms with van der Waals surface area (Å²) in [4.78, 5) is 22.0. The number of nitrogens with one attached hydrogen (secondary N) is 1. The largest absolute Gasteiger partial charge is 0.321 e. The summed E-state index contributed by atoms with van der Waals surface area (Å²) >= 11 is 2.12. The molecule has 19 heavy (non-hydrogen) atoms. The number of para-hydroxylation sites is 1. The van der Waals surface area contributed by atoms with Crippen molar-refractivity contribution < 1.29 is 9.72 Å². The summed E-state index contributed by atoms with van der Waals surface area (Å²) < 4.78 is 0.926. The average molecular weight is 368 g/mol. The zero-order valence-corrected chi connectivity index (χ0v) is 11.8. The fourth-order valence-electron chi connectivity index (χ4n) is 1.49. The number of hydrogen-bond donors (Lipinski definition) is 1. The Morgan fingerprint density at radius 2 is 1.74 bits per heavy atom. The van der Waals surface area contributed by atoms with Gasteiger partial charge in [-0.15, -0.1) is 0 Å². The van der Waals surface area contributed by atoms with Gasteiger partial charge < -0.3 is 5.32 Å². The van der Waals surface area contributed by atoms with E-state index in [1.54, 1.807) is 6.07 Å². The van der Waals surface area contributed by atoms with E-state index >= 15 is 0 Å². The van der Waals surface area contributed by atoms with Crippen molar-refractivity contribution in [1.29, 1.82) is 0 Å². The molecule has 0 spiro atoms. The van der Waals surface area contributed by atoms with E-state index in [2.05, 4.69) is 27.9 Å². The number of amides is 1. The van der Waals surface area contributed by atoms with Crippen LogP contribution < -0.4 is 5.32 Å². The predicted molar refractivity (Wildman–Crippen MR) is 80.2 cm³/mol. The summed E-state index contributed by atoms with van der Waals surface area (Å²) in [5, 5.41) is 13.3. The number of non-ortho nitro benzene ring substituents is 1. The van der Waals surface area contributed by atoms with Gasteiger partial charge in [-0.2, -0.15) is 0 Å². The molecule has 2 aromatic carbocycles. The van der Waals surface area contributed by atoms with Crippen LogP contribution in [0.25, 0.3) is 0 Å². The van der Waals surface area contributed by atoms with Crippen molar-refractivity contribution in [3.8, 4) is 0 Å². The van der Waals surface area contributed by atoms with Crippen molar-refractivity contribution in [3.63, 3.8) is 0 Å². The fraction of sp³-hybridized carbons (Fsp3) is 0. The first-order valence-corrected chi connectivity index (χ1v) is 6.46. The molecule has 0 aliphatic carbocycles. The van der Waals surface area contributed by atoms with Gasteiger partial charge in [0.1, 0.15) is 0 Å². The smallest absolute Gasteiger partial charge is 0.269 e. The summed E-state index contributed by atoms with van der Waals surface area (Å²) in [6.45, 7) is 0. The van der Waals surface area contributed by atoms with E-state index in [0.717, 1.165) is 3.57 Å². The Hall–Kier alpha value is -1.96. The van der Waals surface area contributed by atoms with Crippen molar-refractivity contribution in [1.82, 2.24) is 0 Å². The van der Waals surface area contributed by atoms with E-state index in [-0.39, 0.29) is 11.6 Å². The van der Waals surface area contributed by atoms with Crippen LogP contribution in [0.3, 0.4) is 0 Å². The zero-order chi connectivity index (χ0) is 13.8. The summed E-state index contributed by atoms with van der Waals surface area (Å²) in [6, 6.07) is 12.9. The third kappa shape index (κ3) is 3.28. The van der Waals surface area contributed by atoms with Gasteiger partial charge in [0.2, 0.25) is 0 Å². The zero-order valence-electron chi connectivity index (χ0n) is 9.67. The lowest BCUT2D eigenvalue weighted by molar-refractivity contribution is -0.384. The van der Waals surface area contributed by atoms with Gasteiger partial charge in [-0.05, 0) is 46.9 Å². The van der Waals surface area contributed by atoms with Gasteiger partial charge in [-0.3, -0.25) is 14.9 Å². The molecule has 96 valence electrons. The molecule has 2 aromatic rings. The molecule has 0 aliphatic heterocycles. The number of nitro benzene ring substituents is 1. The normalized spacial score (nSPS) is 9.95. The summed E-state index contributed by atoms with van der Waals surface area (Å²) in [7, 11) is 0. The first-order chi connectivity index (χ1) is 9.08. The standard InChI is InChI=1S/C13H9IN2O3/c14-11-3-1-2-4-12(11)15-13(17)9-5-7-10(8-6-9)16(18)19/h1-8H,(H,15,17). The van der Waals surface area contributed by atoms with Crippen LogP contribution in [0, 0.1) is 13.7 Å². The van der Waals surface area contributed by atoms with Crippen molar-refractivity contribution in [3.05, 3.63) is 67.8 Å². The van der Waals surface area contributed by atoms with Crippen LogP contribution in [0.1, 0.15) is 10.4 Å². The molecule has 0 heterocycles. The number of benzene rings is 2. The highest BCUT2D eigenvalue weighted by atomic mass is 127. The van der Waals surface area contributed by atoms with E-state index in [4.69, 9.17) is 0 Å². The number of carbonyl (C=O) groups is 1. The molecule has 0 aromatic heterocycles. The summed E-state index contributed by atoms with van der Waals surface area (Å²) in [5.74, 6) is -0.293. The van der Waals surface area contributed by atoms with Gasteiger partial charge in [-0.1, -0.05) is 12.1 Å². The quantitative estimate of drug-likeness (QED) is 0.513. The molecule has 1 N–H and O–H groups in total. The van der Waals surface area contributed by atoms with E-state index in [1.165, 1.54) is 24.3 Å². The van der Waals surface area contributed by atoms with Gasteiger partial charge in [0.05, 0.1) is 10.6 Å². The second-order valence-corrected chi connectivity index (χ2v) is 4.90. The molecular formula is C13H9IN2O3. The van der Waals surface area contributed by atoms with Crippen molar-refractivity contribution in [2.75, 3.05) is 5.32 Å². The van der Waals surface area contributed by atoms with Gasteiger partial charge >= 0.3 is 0 Å². The molecule has 0 unspecified atom stereocenters. The number of rotatable bonds is 3. The Morgan fingerprint density at radius 3 is 2.32 bits per heavy atom. The highest BCUT2D eigenvalue weighted by molar-refractivity contribution is 14.1. The molecule has 2 rings (SSSR count). The van der Waals surface area contributed by atoms with E-state index in [9.17, 15) is 14.9 Å². The lowest BCUT2D eigenvalue weighted by Crippen LogP contribution is -2.12. The minimum Gasteiger partial charge on any atom is -0.321 e. The second-order valence-electron chi connectivity index (χ2n) is 3.74. The maximum atomic E-state index is 12.0. The van der Waals surface area contributed by atoms with Crippen molar-refractivity contribution in [2.45, 2.75) is 0 Å². The topological polar surface area (TPSA) is 72.2 Å². The van der Waals surface area contributed by atoms with Crippen molar-refractivity contribution in [2.24, 2.45) is 0 Å². The average Bonchev–Trinajstić information content (AvgIpc) is 2.41. The van der Waals surface area contributed by atoms with Gasteiger partial charge in [0, 0.05) is 21.3 Å². The van der Waals surface area contributed by atoms with Crippen LogP contribution in [-0.4, -0.2) is 10.8 Å². The first kappa shape index (κ1) is 13.5. The van der Waals surface area contributed by atoms with Crippen LogP contribution in [0.15, 0.2) is 48.5 Å². The Morgan fingerprint density at radius 1 is 1.11 bits per heavy atom. The molecule has 0 saturated carbocycles. The summed E-state index contributed by atoms with van der Waals surface area (Å²) in [6.07, 6.45) is 0. The molecule has 0 fully saturated rings. The second kappa shape index (κ2) is 5.79. The van der Waals surface area contributed by atoms with Gasteiger partial charge in [-0.25, -0.2) is 0 Å². The minimum atomic E-state index is -0.498. The SMILES string of the molecule is O=C(Nc1ccccc1I)c1ccc([N+](=O)[O-])cc1. The predicted octanol–water partition coefficient (Wildman–Crippen LogP) is 3.45. The highest BCUT2D eigenvalue weighted by Crippen LogP contribution is 2.18. The van der Waals surface area contributed by atoms with Crippen molar-refractivity contribution >= 4 is 39.9 Å². The number of nitro groups is 1. The molecule has 0 atom stereocenters. The third-order valence-corrected chi connectivity index (χ3v) is 3.40.